The maximum Gasteiger partial charge on any atom is 0.119 e. The molecule has 1 nitrogen and oxygen atoms in total. The summed E-state index contributed by atoms with van der Waals surface area (Å²) in [5, 5.41) is 0. The van der Waals surface area contributed by atoms with Crippen molar-refractivity contribution in [1.82, 2.24) is 0 Å². The number of ether oxygens (including phenoxy) is 1. The Morgan fingerprint density at radius 2 is 2.12 bits per heavy atom. The fourth-order valence-corrected chi connectivity index (χ4v) is 2.19. The van der Waals surface area contributed by atoms with Crippen molar-refractivity contribution in [3.05, 3.63) is 28.2 Å². The molecule has 1 rings (SSSR count). The molecule has 0 amide bonds. The molecular weight excluding hydrogens is 287 g/mol. The van der Waals surface area contributed by atoms with Gasteiger partial charge in [0.15, 0.2) is 0 Å². The van der Waals surface area contributed by atoms with Crippen molar-refractivity contribution < 1.29 is 4.74 Å². The molecule has 0 heterocycles. The third-order valence-corrected chi connectivity index (χ3v) is 3.42. The van der Waals surface area contributed by atoms with E-state index in [1.54, 1.807) is 0 Å². The molecule has 0 aliphatic heterocycles. The van der Waals surface area contributed by atoms with Crippen molar-refractivity contribution in [2.75, 3.05) is 6.61 Å². The number of hydrogen-bond acceptors (Lipinski definition) is 1. The lowest BCUT2D eigenvalue weighted by atomic mass is 10.1. The Labute approximate surface area is 111 Å². The highest BCUT2D eigenvalue weighted by atomic mass is 79.9. The minimum absolute atomic E-state index is 0.504. The van der Waals surface area contributed by atoms with Gasteiger partial charge in [-0.1, -0.05) is 29.8 Å². The summed E-state index contributed by atoms with van der Waals surface area (Å²) in [4.78, 5) is 0. The van der Waals surface area contributed by atoms with Gasteiger partial charge in [-0.3, -0.25) is 0 Å². The summed E-state index contributed by atoms with van der Waals surface area (Å²) in [5.74, 6) is 2.15. The first-order valence-corrected chi connectivity index (χ1v) is 6.93. The summed E-state index contributed by atoms with van der Waals surface area (Å²) in [6.45, 7) is 5.23. The van der Waals surface area contributed by atoms with E-state index >= 15 is 0 Å². The first-order chi connectivity index (χ1) is 7.63. The van der Waals surface area contributed by atoms with E-state index in [9.17, 15) is 0 Å². The van der Waals surface area contributed by atoms with Gasteiger partial charge in [0.25, 0.3) is 0 Å². The number of hydrogen-bond donors (Lipinski definition) is 0. The maximum absolute atomic E-state index is 5.82. The molecule has 16 heavy (non-hydrogen) atoms. The molecule has 0 aliphatic rings. The van der Waals surface area contributed by atoms with E-state index in [1.165, 1.54) is 6.42 Å². The number of rotatable bonds is 6. The number of alkyl halides is 1. The predicted octanol–water partition coefficient (Wildman–Crippen LogP) is 5.00. The summed E-state index contributed by atoms with van der Waals surface area (Å²) in [6.07, 6.45) is 2.31. The Hall–Kier alpha value is -0.210. The maximum atomic E-state index is 5.82. The Kier molecular flexibility index (Phi) is 6.22. The molecule has 0 saturated carbocycles. The van der Waals surface area contributed by atoms with Crippen LogP contribution in [0.1, 0.15) is 32.3 Å². The zero-order valence-electron chi connectivity index (χ0n) is 9.80. The largest absolute Gasteiger partial charge is 0.494 e. The molecule has 0 radical (unpaired) electrons. The van der Waals surface area contributed by atoms with Gasteiger partial charge in [0.05, 0.1) is 6.61 Å². The smallest absolute Gasteiger partial charge is 0.119 e. The lowest BCUT2D eigenvalue weighted by Gasteiger charge is -2.09. The SMILES string of the molecule is CC(C)CCCOc1ccc(Br)c(CCl)c1. The van der Waals surface area contributed by atoms with Crippen molar-refractivity contribution in [3.63, 3.8) is 0 Å². The zero-order chi connectivity index (χ0) is 12.0. The van der Waals surface area contributed by atoms with Crippen LogP contribution in [0.15, 0.2) is 22.7 Å². The molecular formula is C13H18BrClO. The van der Waals surface area contributed by atoms with E-state index in [-0.39, 0.29) is 0 Å². The lowest BCUT2D eigenvalue weighted by molar-refractivity contribution is 0.297. The lowest BCUT2D eigenvalue weighted by Crippen LogP contribution is -2.00. The van der Waals surface area contributed by atoms with Gasteiger partial charge >= 0.3 is 0 Å². The highest BCUT2D eigenvalue weighted by molar-refractivity contribution is 9.10. The van der Waals surface area contributed by atoms with Crippen LogP contribution in [0.2, 0.25) is 0 Å². The molecule has 0 fully saturated rings. The molecule has 0 aromatic heterocycles. The number of halogens is 2. The Bertz CT molecular complexity index is 326. The van der Waals surface area contributed by atoms with Crippen LogP contribution >= 0.6 is 27.5 Å². The average Bonchev–Trinajstić information content (AvgIpc) is 2.26. The Balaban J connectivity index is 2.42. The minimum atomic E-state index is 0.504. The second kappa shape index (κ2) is 7.18. The zero-order valence-corrected chi connectivity index (χ0v) is 12.1. The van der Waals surface area contributed by atoms with Gasteiger partial charge in [-0.25, -0.2) is 0 Å². The second-order valence-corrected chi connectivity index (χ2v) is 5.39. The van der Waals surface area contributed by atoms with Crippen LogP contribution < -0.4 is 4.74 Å². The van der Waals surface area contributed by atoms with Gasteiger partial charge in [0.1, 0.15) is 5.75 Å². The van der Waals surface area contributed by atoms with Crippen LogP contribution in [0.3, 0.4) is 0 Å². The highest BCUT2D eigenvalue weighted by Crippen LogP contribution is 2.24. The van der Waals surface area contributed by atoms with Crippen molar-refractivity contribution >= 4 is 27.5 Å². The van der Waals surface area contributed by atoms with Gasteiger partial charge in [-0.2, -0.15) is 0 Å². The highest BCUT2D eigenvalue weighted by Gasteiger charge is 2.01. The van der Waals surface area contributed by atoms with E-state index in [0.29, 0.717) is 5.88 Å². The Morgan fingerprint density at radius 3 is 2.75 bits per heavy atom. The minimum Gasteiger partial charge on any atom is -0.494 e. The van der Waals surface area contributed by atoms with Crippen molar-refractivity contribution in [3.8, 4) is 5.75 Å². The average molecular weight is 306 g/mol. The van der Waals surface area contributed by atoms with Crippen molar-refractivity contribution in [2.24, 2.45) is 5.92 Å². The first-order valence-electron chi connectivity index (χ1n) is 5.60. The normalized spacial score (nSPS) is 10.8. The van der Waals surface area contributed by atoms with E-state index in [0.717, 1.165) is 34.7 Å². The second-order valence-electron chi connectivity index (χ2n) is 4.27. The first kappa shape index (κ1) is 13.9. The summed E-state index contributed by atoms with van der Waals surface area (Å²) in [6, 6.07) is 5.94. The summed E-state index contributed by atoms with van der Waals surface area (Å²) in [5.41, 5.74) is 1.07. The molecule has 90 valence electrons. The van der Waals surface area contributed by atoms with E-state index in [4.69, 9.17) is 16.3 Å². The molecule has 1 aromatic carbocycles. The van der Waals surface area contributed by atoms with Crippen molar-refractivity contribution in [2.45, 2.75) is 32.6 Å². The van der Waals surface area contributed by atoms with Crippen LogP contribution in [0, 0.1) is 5.92 Å². The molecule has 0 unspecified atom stereocenters. The summed E-state index contributed by atoms with van der Waals surface area (Å²) >= 11 is 9.27. The monoisotopic (exact) mass is 304 g/mol. The van der Waals surface area contributed by atoms with Gasteiger partial charge in [0, 0.05) is 10.4 Å². The molecule has 0 N–H and O–H groups in total. The fourth-order valence-electron chi connectivity index (χ4n) is 1.42. The topological polar surface area (TPSA) is 9.23 Å². The third-order valence-electron chi connectivity index (χ3n) is 2.36. The predicted molar refractivity (Wildman–Crippen MR) is 73.3 cm³/mol. The number of benzene rings is 1. The molecule has 0 aliphatic carbocycles. The standard InChI is InChI=1S/C13H18BrClO/c1-10(2)4-3-7-16-12-5-6-13(14)11(8-12)9-15/h5-6,8,10H,3-4,7,9H2,1-2H3. The van der Waals surface area contributed by atoms with Gasteiger partial charge in [0.2, 0.25) is 0 Å². The summed E-state index contributed by atoms with van der Waals surface area (Å²) < 4.78 is 6.71. The van der Waals surface area contributed by atoms with Crippen LogP contribution in [-0.4, -0.2) is 6.61 Å². The summed E-state index contributed by atoms with van der Waals surface area (Å²) in [7, 11) is 0. The molecule has 0 bridgehead atoms. The molecule has 0 atom stereocenters. The van der Waals surface area contributed by atoms with Gasteiger partial charge < -0.3 is 4.74 Å². The fraction of sp³-hybridized carbons (Fsp3) is 0.538. The quantitative estimate of drug-likeness (QED) is 0.530. The van der Waals surface area contributed by atoms with Crippen LogP contribution in [0.5, 0.6) is 5.75 Å². The van der Waals surface area contributed by atoms with Crippen LogP contribution in [0.25, 0.3) is 0 Å². The molecule has 3 heteroatoms. The van der Waals surface area contributed by atoms with Crippen LogP contribution in [-0.2, 0) is 5.88 Å². The third kappa shape index (κ3) is 4.75. The van der Waals surface area contributed by atoms with E-state index < -0.39 is 0 Å². The van der Waals surface area contributed by atoms with Gasteiger partial charge in [-0.05, 0) is 42.5 Å². The molecule has 0 spiro atoms. The van der Waals surface area contributed by atoms with E-state index in [2.05, 4.69) is 29.8 Å². The molecule has 0 saturated heterocycles. The molecule has 1 aromatic rings. The van der Waals surface area contributed by atoms with E-state index in [1.807, 2.05) is 18.2 Å². The van der Waals surface area contributed by atoms with Crippen LogP contribution in [0.4, 0.5) is 0 Å². The Morgan fingerprint density at radius 1 is 1.38 bits per heavy atom. The van der Waals surface area contributed by atoms with Gasteiger partial charge in [-0.15, -0.1) is 11.6 Å². The van der Waals surface area contributed by atoms with Crippen molar-refractivity contribution in [1.29, 1.82) is 0 Å².